The van der Waals surface area contributed by atoms with E-state index in [0.717, 1.165) is 0 Å². The van der Waals surface area contributed by atoms with Crippen molar-refractivity contribution in [1.29, 1.82) is 0 Å². The molecule has 1 heterocycles. The topological polar surface area (TPSA) is 81.0 Å². The first-order chi connectivity index (χ1) is 11.0. The second kappa shape index (κ2) is 8.18. The number of rotatable bonds is 9. The monoisotopic (exact) mass is 339 g/mol. The van der Waals surface area contributed by atoms with E-state index in [1.54, 1.807) is 33.8 Å². The molecule has 0 saturated carbocycles. The Kier molecular flexibility index (Phi) is 7.07. The third-order valence-corrected chi connectivity index (χ3v) is 3.86. The van der Waals surface area contributed by atoms with Gasteiger partial charge >= 0.3 is 7.12 Å². The molecule has 0 aliphatic carbocycles. The van der Waals surface area contributed by atoms with Crippen molar-refractivity contribution in [2.24, 2.45) is 5.92 Å². The lowest BCUT2D eigenvalue weighted by Gasteiger charge is -2.38. The zero-order chi connectivity index (χ0) is 18.5. The highest BCUT2D eigenvalue weighted by molar-refractivity contribution is 6.60. The summed E-state index contributed by atoms with van der Waals surface area (Å²) in [5, 5.41) is 20.5. The number of nitrogens with zero attached hydrogens (tertiary/aromatic N) is 1. The van der Waals surface area contributed by atoms with Gasteiger partial charge < -0.3 is 24.3 Å². The molecule has 1 aromatic rings. The summed E-state index contributed by atoms with van der Waals surface area (Å²) in [6.07, 6.45) is 1.48. The molecule has 1 aromatic heterocycles. The summed E-state index contributed by atoms with van der Waals surface area (Å²) >= 11 is 0. The molecule has 0 aliphatic rings. The van der Waals surface area contributed by atoms with E-state index in [2.05, 4.69) is 4.98 Å². The van der Waals surface area contributed by atoms with Crippen molar-refractivity contribution < 1.29 is 24.3 Å². The second-order valence-corrected chi connectivity index (χ2v) is 7.25. The second-order valence-electron chi connectivity index (χ2n) is 7.25. The molecular weight excluding hydrogens is 309 g/mol. The first kappa shape index (κ1) is 20.7. The van der Waals surface area contributed by atoms with Gasteiger partial charge in [0.15, 0.2) is 5.75 Å². The lowest BCUT2D eigenvalue weighted by Crippen LogP contribution is -2.53. The van der Waals surface area contributed by atoms with Crippen molar-refractivity contribution in [3.8, 4) is 11.6 Å². The molecule has 24 heavy (non-hydrogen) atoms. The molecule has 0 radical (unpaired) electrons. The first-order valence-corrected chi connectivity index (χ1v) is 8.31. The fraction of sp³-hybridized carbons (Fsp3) is 0.706. The van der Waals surface area contributed by atoms with E-state index in [1.807, 2.05) is 20.8 Å². The van der Waals surface area contributed by atoms with Crippen LogP contribution in [-0.4, -0.2) is 46.6 Å². The quantitative estimate of drug-likeness (QED) is 0.668. The van der Waals surface area contributed by atoms with E-state index in [1.165, 1.54) is 6.20 Å². The van der Waals surface area contributed by atoms with Crippen LogP contribution in [0.1, 0.15) is 48.5 Å². The van der Waals surface area contributed by atoms with Gasteiger partial charge in [0.2, 0.25) is 0 Å². The molecular formula is C17H30BNO5. The number of hydrogen-bond acceptors (Lipinski definition) is 6. The summed E-state index contributed by atoms with van der Waals surface area (Å²) < 4.78 is 16.8. The maximum Gasteiger partial charge on any atom is 0.493 e. The van der Waals surface area contributed by atoms with Crippen LogP contribution in [0, 0.1) is 5.92 Å². The molecule has 1 rings (SSSR count). The molecule has 6 nitrogen and oxygen atoms in total. The summed E-state index contributed by atoms with van der Waals surface area (Å²) in [6.45, 7) is 13.6. The number of pyridine rings is 1. The third-order valence-electron chi connectivity index (χ3n) is 3.86. The highest BCUT2D eigenvalue weighted by atomic mass is 16.6. The van der Waals surface area contributed by atoms with Gasteiger partial charge in [0.1, 0.15) is 0 Å². The molecule has 0 aromatic carbocycles. The van der Waals surface area contributed by atoms with Crippen LogP contribution in [0.25, 0.3) is 0 Å². The molecule has 0 amide bonds. The predicted molar refractivity (Wildman–Crippen MR) is 94.8 cm³/mol. The SMILES string of the molecule is CCOc1ncc(B(O)OC(C)(C)C(C)(C)O)cc1OCC(C)C. The highest BCUT2D eigenvalue weighted by Gasteiger charge is 2.39. The van der Waals surface area contributed by atoms with Crippen molar-refractivity contribution >= 4 is 12.6 Å². The molecule has 0 fully saturated rings. The Morgan fingerprint density at radius 1 is 1.21 bits per heavy atom. The van der Waals surface area contributed by atoms with E-state index < -0.39 is 18.3 Å². The predicted octanol–water partition coefficient (Wildman–Crippen LogP) is 1.77. The van der Waals surface area contributed by atoms with Crippen LogP contribution >= 0.6 is 0 Å². The van der Waals surface area contributed by atoms with Crippen molar-refractivity contribution in [3.05, 3.63) is 12.3 Å². The highest BCUT2D eigenvalue weighted by Crippen LogP contribution is 2.27. The zero-order valence-electron chi connectivity index (χ0n) is 15.8. The largest absolute Gasteiger partial charge is 0.493 e. The van der Waals surface area contributed by atoms with Gasteiger partial charge in [0.05, 0.1) is 24.4 Å². The maximum atomic E-state index is 10.4. The minimum atomic E-state index is -1.24. The van der Waals surface area contributed by atoms with E-state index in [9.17, 15) is 10.1 Å². The van der Waals surface area contributed by atoms with E-state index in [4.69, 9.17) is 14.1 Å². The molecule has 0 aliphatic heterocycles. The summed E-state index contributed by atoms with van der Waals surface area (Å²) in [5.74, 6) is 1.20. The molecule has 0 saturated heterocycles. The third kappa shape index (κ3) is 5.65. The Morgan fingerprint density at radius 2 is 1.83 bits per heavy atom. The number of ether oxygens (including phenoxy) is 2. The Labute approximate surface area is 145 Å². The Balaban J connectivity index is 3.00. The fourth-order valence-corrected chi connectivity index (χ4v) is 1.68. The van der Waals surface area contributed by atoms with Crippen LogP contribution in [0.3, 0.4) is 0 Å². The van der Waals surface area contributed by atoms with Crippen LogP contribution < -0.4 is 14.9 Å². The molecule has 2 N–H and O–H groups in total. The van der Waals surface area contributed by atoms with E-state index >= 15 is 0 Å². The van der Waals surface area contributed by atoms with Crippen molar-refractivity contribution in [3.63, 3.8) is 0 Å². The van der Waals surface area contributed by atoms with Gasteiger partial charge in [-0.1, -0.05) is 13.8 Å². The molecule has 136 valence electrons. The van der Waals surface area contributed by atoms with Gasteiger partial charge in [0.25, 0.3) is 5.88 Å². The van der Waals surface area contributed by atoms with Crippen LogP contribution in [0.15, 0.2) is 12.3 Å². The normalized spacial score (nSPS) is 12.4. The van der Waals surface area contributed by atoms with Crippen LogP contribution in [-0.2, 0) is 4.65 Å². The smallest absolute Gasteiger partial charge is 0.488 e. The lowest BCUT2D eigenvalue weighted by molar-refractivity contribution is -0.0982. The lowest BCUT2D eigenvalue weighted by atomic mass is 9.77. The maximum absolute atomic E-state index is 10.4. The zero-order valence-corrected chi connectivity index (χ0v) is 15.8. The van der Waals surface area contributed by atoms with Gasteiger partial charge in [-0.05, 0) is 46.6 Å². The van der Waals surface area contributed by atoms with Gasteiger partial charge in [-0.3, -0.25) is 0 Å². The van der Waals surface area contributed by atoms with Crippen molar-refractivity contribution in [1.82, 2.24) is 4.98 Å². The Morgan fingerprint density at radius 3 is 2.33 bits per heavy atom. The standard InChI is InChI=1S/C17H30BNO5/c1-8-22-15-14(23-11-12(2)3)9-13(10-19-15)18(21)24-17(6,7)16(4,5)20/h9-10,12,20-21H,8,11H2,1-7H3. The number of aromatic nitrogens is 1. The Hall–Kier alpha value is -1.31. The van der Waals surface area contributed by atoms with Crippen LogP contribution in [0.5, 0.6) is 11.6 Å². The van der Waals surface area contributed by atoms with E-state index in [-0.39, 0.29) is 0 Å². The van der Waals surface area contributed by atoms with Crippen LogP contribution in [0.2, 0.25) is 0 Å². The summed E-state index contributed by atoms with van der Waals surface area (Å²) in [7, 11) is -1.24. The molecule has 0 spiro atoms. The van der Waals surface area contributed by atoms with E-state index in [0.29, 0.717) is 36.2 Å². The van der Waals surface area contributed by atoms with Gasteiger partial charge in [-0.2, -0.15) is 0 Å². The van der Waals surface area contributed by atoms with Crippen molar-refractivity contribution in [2.45, 2.75) is 59.7 Å². The summed E-state index contributed by atoms with van der Waals surface area (Å²) in [4.78, 5) is 4.21. The van der Waals surface area contributed by atoms with Gasteiger partial charge in [-0.15, -0.1) is 0 Å². The molecule has 0 atom stereocenters. The molecule has 0 unspecified atom stereocenters. The summed E-state index contributed by atoms with van der Waals surface area (Å²) in [6, 6.07) is 1.66. The average Bonchev–Trinajstić information content (AvgIpc) is 2.44. The van der Waals surface area contributed by atoms with Crippen molar-refractivity contribution in [2.75, 3.05) is 13.2 Å². The Bertz CT molecular complexity index is 528. The summed E-state index contributed by atoms with van der Waals surface area (Å²) in [5.41, 5.74) is -1.64. The minimum absolute atomic E-state index is 0.346. The van der Waals surface area contributed by atoms with Gasteiger partial charge in [0, 0.05) is 11.7 Å². The average molecular weight is 339 g/mol. The number of aliphatic hydroxyl groups is 1. The first-order valence-electron chi connectivity index (χ1n) is 8.31. The fourth-order valence-electron chi connectivity index (χ4n) is 1.68. The van der Waals surface area contributed by atoms with Gasteiger partial charge in [-0.25, -0.2) is 4.98 Å². The molecule has 7 heteroatoms. The number of hydrogen-bond donors (Lipinski definition) is 2. The minimum Gasteiger partial charge on any atom is -0.488 e. The molecule has 0 bridgehead atoms. The van der Waals surface area contributed by atoms with Crippen LogP contribution in [0.4, 0.5) is 0 Å².